The van der Waals surface area contributed by atoms with E-state index in [2.05, 4.69) is 15.5 Å². The number of hydrogen-bond donors (Lipinski definition) is 3. The van der Waals surface area contributed by atoms with E-state index in [0.29, 0.717) is 48.3 Å². The lowest BCUT2D eigenvalue weighted by Gasteiger charge is -2.36. The van der Waals surface area contributed by atoms with E-state index >= 15 is 0 Å². The maximum atomic E-state index is 13.5. The van der Waals surface area contributed by atoms with Crippen LogP contribution in [0.4, 0.5) is 16.3 Å². The zero-order valence-corrected chi connectivity index (χ0v) is 22.6. The first-order chi connectivity index (χ1) is 16.8. The van der Waals surface area contributed by atoms with Crippen molar-refractivity contribution in [2.75, 3.05) is 43.1 Å². The Balaban J connectivity index is 2.05. The normalized spacial score (nSPS) is 17.1. The molecule has 1 saturated heterocycles. The highest BCUT2D eigenvalue weighted by atomic mass is 32.2. The van der Waals surface area contributed by atoms with Crippen LogP contribution in [-0.2, 0) is 19.3 Å². The molecule has 1 aliphatic rings. The van der Waals surface area contributed by atoms with Crippen molar-refractivity contribution in [1.29, 1.82) is 0 Å². The number of anilines is 2. The van der Waals surface area contributed by atoms with Crippen LogP contribution in [0.2, 0.25) is 0 Å². The minimum absolute atomic E-state index is 0.0701. The Labute approximate surface area is 213 Å². The fraction of sp³-hybridized carbons (Fsp3) is 0.560. The molecule has 2 heterocycles. The van der Waals surface area contributed by atoms with Crippen molar-refractivity contribution in [3.63, 3.8) is 0 Å². The molecule has 36 heavy (non-hydrogen) atoms. The number of rotatable bonds is 7. The number of hydrogen-bond acceptors (Lipinski definition) is 8. The average Bonchev–Trinajstić information content (AvgIpc) is 2.82. The molecule has 0 unspecified atom stereocenters. The Bertz CT molecular complexity index is 1180. The molecule has 0 spiro atoms. The van der Waals surface area contributed by atoms with Gasteiger partial charge in [0.15, 0.2) is 15.7 Å². The van der Waals surface area contributed by atoms with Crippen molar-refractivity contribution in [3.05, 3.63) is 36.0 Å². The lowest BCUT2D eigenvalue weighted by atomic mass is 10.1. The van der Waals surface area contributed by atoms with Crippen molar-refractivity contribution in [2.24, 2.45) is 0 Å². The predicted molar refractivity (Wildman–Crippen MR) is 141 cm³/mol. The maximum absolute atomic E-state index is 13.5. The monoisotopic (exact) mass is 519 g/mol. The summed E-state index contributed by atoms with van der Waals surface area (Å²) in [6, 6.07) is 8.41. The highest BCUT2D eigenvalue weighted by molar-refractivity contribution is 7.93. The summed E-state index contributed by atoms with van der Waals surface area (Å²) in [5, 5.41) is 14.1. The van der Waals surface area contributed by atoms with E-state index in [-0.39, 0.29) is 19.2 Å². The highest BCUT2D eigenvalue weighted by Crippen LogP contribution is 2.38. The molecule has 0 radical (unpaired) electrons. The lowest BCUT2D eigenvalue weighted by Crippen LogP contribution is -2.45. The van der Waals surface area contributed by atoms with Gasteiger partial charge in [-0.3, -0.25) is 0 Å². The van der Waals surface area contributed by atoms with Crippen LogP contribution < -0.4 is 15.5 Å². The Hall–Kier alpha value is -2.76. The standard InChI is InChI=1S/C25H37N5O5S/c1-17-16-35-14-12-30(17)21-15-20(25(5,6)36(33,34)24(2,3)4)28-22(29-21)18-7-9-19(10-8-18)27-23(32)26-11-13-31/h7-10,15,17,31H,11-14,16H2,1-6H3,(H2,26,27,32)/t17-/m0/s1. The van der Waals surface area contributed by atoms with E-state index in [1.807, 2.05) is 6.92 Å². The van der Waals surface area contributed by atoms with E-state index < -0.39 is 25.4 Å². The van der Waals surface area contributed by atoms with Gasteiger partial charge in [-0.05, 0) is 65.8 Å². The van der Waals surface area contributed by atoms with Gasteiger partial charge in [0.1, 0.15) is 10.6 Å². The first kappa shape index (κ1) is 27.8. The number of aromatic nitrogens is 2. The van der Waals surface area contributed by atoms with Crippen LogP contribution in [0.5, 0.6) is 0 Å². The SMILES string of the molecule is C[C@H]1COCCN1c1cc(C(C)(C)S(=O)(=O)C(C)(C)C)nc(-c2ccc(NC(=O)NCCO)cc2)n1. The lowest BCUT2D eigenvalue weighted by molar-refractivity contribution is 0.0985. The smallest absolute Gasteiger partial charge is 0.319 e. The topological polar surface area (TPSA) is 134 Å². The van der Waals surface area contributed by atoms with E-state index in [1.165, 1.54) is 0 Å². The zero-order chi connectivity index (χ0) is 26.7. The van der Waals surface area contributed by atoms with Crippen LogP contribution in [-0.4, -0.2) is 73.2 Å². The fourth-order valence-electron chi connectivity index (χ4n) is 4.04. The van der Waals surface area contributed by atoms with Crippen LogP contribution in [0.1, 0.15) is 47.2 Å². The second-order valence-corrected chi connectivity index (χ2v) is 13.6. The van der Waals surface area contributed by atoms with E-state index in [0.717, 1.165) is 0 Å². The molecule has 1 aromatic carbocycles. The third kappa shape index (κ3) is 5.79. The molecule has 0 bridgehead atoms. The number of aliphatic hydroxyl groups excluding tert-OH is 1. The average molecular weight is 520 g/mol. The van der Waals surface area contributed by atoms with Crippen molar-refractivity contribution in [2.45, 2.75) is 57.1 Å². The van der Waals surface area contributed by atoms with Gasteiger partial charge in [0, 0.05) is 30.4 Å². The molecule has 3 N–H and O–H groups in total. The number of amides is 2. The van der Waals surface area contributed by atoms with Crippen LogP contribution in [0.15, 0.2) is 30.3 Å². The van der Waals surface area contributed by atoms with E-state index in [4.69, 9.17) is 19.8 Å². The van der Waals surface area contributed by atoms with Gasteiger partial charge in [0.25, 0.3) is 0 Å². The molecule has 10 nitrogen and oxygen atoms in total. The Kier molecular flexibility index (Phi) is 8.27. The molecule has 3 rings (SSSR count). The molecule has 2 amide bonds. The van der Waals surface area contributed by atoms with Crippen molar-refractivity contribution >= 4 is 27.4 Å². The largest absolute Gasteiger partial charge is 0.395 e. The molecule has 11 heteroatoms. The molecule has 1 fully saturated rings. The second kappa shape index (κ2) is 10.7. The third-order valence-corrected chi connectivity index (χ3v) is 9.43. The first-order valence-electron chi connectivity index (χ1n) is 12.0. The van der Waals surface area contributed by atoms with E-state index in [9.17, 15) is 13.2 Å². The number of morpholine rings is 1. The number of carbonyl (C=O) groups excluding carboxylic acids is 1. The van der Waals surface area contributed by atoms with Crippen LogP contribution in [0.3, 0.4) is 0 Å². The number of sulfone groups is 1. The first-order valence-corrected chi connectivity index (χ1v) is 13.5. The van der Waals surface area contributed by atoms with Gasteiger partial charge in [0.05, 0.1) is 36.3 Å². The Morgan fingerprint density at radius 2 is 1.83 bits per heavy atom. The number of ether oxygens (including phenoxy) is 1. The maximum Gasteiger partial charge on any atom is 0.319 e. The van der Waals surface area contributed by atoms with Gasteiger partial charge < -0.3 is 25.4 Å². The van der Waals surface area contributed by atoms with Crippen molar-refractivity contribution in [1.82, 2.24) is 15.3 Å². The summed E-state index contributed by atoms with van der Waals surface area (Å²) >= 11 is 0. The van der Waals surface area contributed by atoms with Gasteiger partial charge in [-0.2, -0.15) is 0 Å². The Morgan fingerprint density at radius 1 is 1.17 bits per heavy atom. The number of carbonyl (C=O) groups is 1. The molecule has 198 valence electrons. The van der Waals surface area contributed by atoms with Gasteiger partial charge in [-0.15, -0.1) is 0 Å². The zero-order valence-electron chi connectivity index (χ0n) is 21.8. The molecule has 0 saturated carbocycles. The van der Waals surface area contributed by atoms with Gasteiger partial charge >= 0.3 is 6.03 Å². The quantitative estimate of drug-likeness (QED) is 0.508. The third-order valence-electron chi connectivity index (χ3n) is 6.27. The van der Waals surface area contributed by atoms with Gasteiger partial charge in [-0.25, -0.2) is 23.2 Å². The fourth-order valence-corrected chi connectivity index (χ4v) is 5.95. The number of nitrogens with zero attached hydrogens (tertiary/aromatic N) is 3. The van der Waals surface area contributed by atoms with Crippen molar-refractivity contribution in [3.8, 4) is 11.4 Å². The molecular weight excluding hydrogens is 482 g/mol. The summed E-state index contributed by atoms with van der Waals surface area (Å²) in [5.41, 5.74) is 1.66. The summed E-state index contributed by atoms with van der Waals surface area (Å²) in [7, 11) is -3.62. The van der Waals surface area contributed by atoms with Gasteiger partial charge in [0.2, 0.25) is 0 Å². The molecule has 1 atom stereocenters. The number of nitrogens with one attached hydrogen (secondary N) is 2. The number of benzene rings is 1. The van der Waals surface area contributed by atoms with Crippen LogP contribution in [0, 0.1) is 0 Å². The molecule has 1 aromatic heterocycles. The van der Waals surface area contributed by atoms with Gasteiger partial charge in [-0.1, -0.05) is 0 Å². The van der Waals surface area contributed by atoms with E-state index in [1.54, 1.807) is 65.0 Å². The summed E-state index contributed by atoms with van der Waals surface area (Å²) in [4.78, 5) is 23.5. The molecular formula is C25H37N5O5S. The minimum Gasteiger partial charge on any atom is -0.395 e. The molecule has 0 aliphatic carbocycles. The summed E-state index contributed by atoms with van der Waals surface area (Å²) in [6.45, 7) is 12.2. The minimum atomic E-state index is -3.62. The van der Waals surface area contributed by atoms with Crippen LogP contribution >= 0.6 is 0 Å². The molecule has 2 aromatic rings. The predicted octanol–water partition coefficient (Wildman–Crippen LogP) is 2.93. The summed E-state index contributed by atoms with van der Waals surface area (Å²) < 4.78 is 30.4. The summed E-state index contributed by atoms with van der Waals surface area (Å²) in [5.74, 6) is 1.04. The highest BCUT2D eigenvalue weighted by Gasteiger charge is 2.46. The second-order valence-electron chi connectivity index (χ2n) is 10.4. The summed E-state index contributed by atoms with van der Waals surface area (Å²) in [6.07, 6.45) is 0. The van der Waals surface area contributed by atoms with Crippen molar-refractivity contribution < 1.29 is 23.1 Å². The molecule has 1 aliphatic heterocycles. The number of aliphatic hydroxyl groups is 1. The number of urea groups is 1. The Morgan fingerprint density at radius 3 is 2.42 bits per heavy atom. The van der Waals surface area contributed by atoms with Crippen LogP contribution in [0.25, 0.3) is 11.4 Å².